The molecular weight excluding hydrogens is 280 g/mol. The van der Waals surface area contributed by atoms with E-state index < -0.39 is 0 Å². The molecule has 4 aliphatic carbocycles. The minimum Gasteiger partial charge on any atom is -0.393 e. The molecule has 1 N–H and O–H groups in total. The predicted octanol–water partition coefficient (Wildman–Crippen LogP) is 4.85. The molecule has 21 heavy (non-hydrogen) atoms. The van der Waals surface area contributed by atoms with Gasteiger partial charge in [-0.2, -0.15) is 0 Å². The van der Waals surface area contributed by atoms with Crippen LogP contribution in [0.2, 0.25) is 5.02 Å². The second-order valence-electron chi connectivity index (χ2n) is 8.07. The lowest BCUT2D eigenvalue weighted by atomic mass is 9.48. The zero-order chi connectivity index (χ0) is 14.4. The molecule has 4 saturated carbocycles. The summed E-state index contributed by atoms with van der Waals surface area (Å²) in [4.78, 5) is 0. The predicted molar refractivity (Wildman–Crippen MR) is 86.4 cm³/mol. The lowest BCUT2D eigenvalue weighted by Gasteiger charge is -2.57. The molecular formula is C19H25ClO. The highest BCUT2D eigenvalue weighted by Crippen LogP contribution is 2.61. The Balaban J connectivity index is 1.45. The van der Waals surface area contributed by atoms with Crippen LogP contribution >= 0.6 is 11.6 Å². The molecule has 0 aromatic heterocycles. The summed E-state index contributed by atoms with van der Waals surface area (Å²) in [6, 6.07) is 7.94. The van der Waals surface area contributed by atoms with E-state index in [2.05, 4.69) is 0 Å². The molecule has 1 aromatic carbocycles. The SMILES string of the molecule is OC(Cc1ccccc1Cl)CC12CC3CC(CC(C3)C1)C2. The molecule has 2 heteroatoms. The molecule has 0 amide bonds. The first kappa shape index (κ1) is 14.1. The maximum Gasteiger partial charge on any atom is 0.0586 e. The smallest absolute Gasteiger partial charge is 0.0586 e. The van der Waals surface area contributed by atoms with Crippen molar-refractivity contribution in [1.29, 1.82) is 0 Å². The Hall–Kier alpha value is -0.530. The van der Waals surface area contributed by atoms with Crippen molar-refractivity contribution in [1.82, 2.24) is 0 Å². The second-order valence-corrected chi connectivity index (χ2v) is 8.48. The van der Waals surface area contributed by atoms with Crippen LogP contribution in [0, 0.1) is 23.2 Å². The molecule has 4 aliphatic rings. The zero-order valence-electron chi connectivity index (χ0n) is 12.6. The van der Waals surface area contributed by atoms with Crippen LogP contribution in [0.4, 0.5) is 0 Å². The van der Waals surface area contributed by atoms with Crippen LogP contribution in [-0.4, -0.2) is 11.2 Å². The normalized spacial score (nSPS) is 38.7. The zero-order valence-corrected chi connectivity index (χ0v) is 13.4. The molecule has 1 aromatic rings. The topological polar surface area (TPSA) is 20.2 Å². The Morgan fingerprint density at radius 2 is 1.62 bits per heavy atom. The lowest BCUT2D eigenvalue weighted by Crippen LogP contribution is -2.47. The third-order valence-corrected chi connectivity index (χ3v) is 6.62. The molecule has 114 valence electrons. The van der Waals surface area contributed by atoms with Crippen molar-refractivity contribution in [2.45, 2.75) is 57.5 Å². The summed E-state index contributed by atoms with van der Waals surface area (Å²) in [5, 5.41) is 11.4. The van der Waals surface area contributed by atoms with E-state index in [9.17, 15) is 5.11 Å². The van der Waals surface area contributed by atoms with Crippen molar-refractivity contribution in [2.75, 3.05) is 0 Å². The average Bonchev–Trinajstić information content (AvgIpc) is 2.39. The Kier molecular flexibility index (Phi) is 3.54. The first-order valence-corrected chi connectivity index (χ1v) is 8.91. The monoisotopic (exact) mass is 304 g/mol. The van der Waals surface area contributed by atoms with Crippen LogP contribution in [0.3, 0.4) is 0 Å². The fourth-order valence-corrected chi connectivity index (χ4v) is 6.24. The van der Waals surface area contributed by atoms with Crippen molar-refractivity contribution in [3.8, 4) is 0 Å². The van der Waals surface area contributed by atoms with Crippen molar-refractivity contribution in [3.63, 3.8) is 0 Å². The van der Waals surface area contributed by atoms with Gasteiger partial charge in [0.05, 0.1) is 6.10 Å². The summed E-state index contributed by atoms with van der Waals surface area (Å²) in [5.41, 5.74) is 1.55. The number of aliphatic hydroxyl groups is 1. The van der Waals surface area contributed by atoms with Gasteiger partial charge < -0.3 is 5.11 Å². The largest absolute Gasteiger partial charge is 0.393 e. The van der Waals surface area contributed by atoms with Gasteiger partial charge in [0.1, 0.15) is 0 Å². The van der Waals surface area contributed by atoms with E-state index in [0.717, 1.165) is 34.8 Å². The van der Waals surface area contributed by atoms with Gasteiger partial charge in [0, 0.05) is 5.02 Å². The van der Waals surface area contributed by atoms with Crippen molar-refractivity contribution in [3.05, 3.63) is 34.9 Å². The number of aliphatic hydroxyl groups excluding tert-OH is 1. The summed E-state index contributed by atoms with van der Waals surface area (Å²) < 4.78 is 0. The maximum absolute atomic E-state index is 10.6. The van der Waals surface area contributed by atoms with Crippen molar-refractivity contribution >= 4 is 11.6 Å². The Labute approximate surface area is 132 Å². The van der Waals surface area contributed by atoms with Gasteiger partial charge in [0.15, 0.2) is 0 Å². The first-order valence-electron chi connectivity index (χ1n) is 8.53. The number of benzene rings is 1. The van der Waals surface area contributed by atoms with E-state index in [0.29, 0.717) is 11.8 Å². The van der Waals surface area contributed by atoms with Gasteiger partial charge in [-0.3, -0.25) is 0 Å². The molecule has 4 bridgehead atoms. The van der Waals surface area contributed by atoms with E-state index in [1.54, 1.807) is 0 Å². The minimum atomic E-state index is -0.235. The van der Waals surface area contributed by atoms with Crippen LogP contribution in [0.25, 0.3) is 0 Å². The van der Waals surface area contributed by atoms with E-state index in [1.807, 2.05) is 24.3 Å². The van der Waals surface area contributed by atoms with E-state index in [1.165, 1.54) is 38.5 Å². The molecule has 0 saturated heterocycles. The Morgan fingerprint density at radius 1 is 1.05 bits per heavy atom. The maximum atomic E-state index is 10.6. The van der Waals surface area contributed by atoms with Gasteiger partial charge in [-0.15, -0.1) is 0 Å². The number of hydrogen-bond donors (Lipinski definition) is 1. The standard InChI is InChI=1S/C19H25ClO/c20-18-4-2-1-3-16(18)8-17(21)12-19-9-13-5-14(10-19)7-15(6-13)11-19/h1-4,13-15,17,21H,5-12H2. The van der Waals surface area contributed by atoms with Crippen LogP contribution < -0.4 is 0 Å². The fraction of sp³-hybridized carbons (Fsp3) is 0.684. The van der Waals surface area contributed by atoms with Crippen molar-refractivity contribution in [2.24, 2.45) is 23.2 Å². The fourth-order valence-electron chi connectivity index (χ4n) is 6.03. The van der Waals surface area contributed by atoms with Gasteiger partial charge >= 0.3 is 0 Å². The van der Waals surface area contributed by atoms with Crippen LogP contribution in [0.1, 0.15) is 50.5 Å². The first-order chi connectivity index (χ1) is 10.1. The molecule has 1 nitrogen and oxygen atoms in total. The van der Waals surface area contributed by atoms with Crippen LogP contribution in [0.15, 0.2) is 24.3 Å². The van der Waals surface area contributed by atoms with Gasteiger partial charge in [-0.1, -0.05) is 29.8 Å². The highest BCUT2D eigenvalue weighted by Gasteiger charge is 2.51. The molecule has 0 heterocycles. The number of hydrogen-bond acceptors (Lipinski definition) is 1. The molecule has 4 fully saturated rings. The van der Waals surface area contributed by atoms with Gasteiger partial charge in [-0.05, 0) is 86.2 Å². The molecule has 1 unspecified atom stereocenters. The summed E-state index contributed by atoms with van der Waals surface area (Å²) >= 11 is 6.23. The van der Waals surface area contributed by atoms with Gasteiger partial charge in [0.25, 0.3) is 0 Å². The molecule has 0 aliphatic heterocycles. The average molecular weight is 305 g/mol. The van der Waals surface area contributed by atoms with Gasteiger partial charge in [-0.25, -0.2) is 0 Å². The Bertz CT molecular complexity index is 489. The van der Waals surface area contributed by atoms with E-state index in [4.69, 9.17) is 11.6 Å². The number of halogens is 1. The molecule has 0 spiro atoms. The highest BCUT2D eigenvalue weighted by atomic mass is 35.5. The van der Waals surface area contributed by atoms with Crippen molar-refractivity contribution < 1.29 is 5.11 Å². The highest BCUT2D eigenvalue weighted by molar-refractivity contribution is 6.31. The van der Waals surface area contributed by atoms with E-state index >= 15 is 0 Å². The summed E-state index contributed by atoms with van der Waals surface area (Å²) in [6.07, 6.45) is 10.00. The second kappa shape index (κ2) is 5.28. The summed E-state index contributed by atoms with van der Waals surface area (Å²) in [7, 11) is 0. The lowest BCUT2D eigenvalue weighted by molar-refractivity contribution is -0.0756. The molecule has 5 rings (SSSR count). The summed E-state index contributed by atoms with van der Waals surface area (Å²) in [6.45, 7) is 0. The minimum absolute atomic E-state index is 0.235. The van der Waals surface area contributed by atoms with Crippen LogP contribution in [0.5, 0.6) is 0 Å². The quantitative estimate of drug-likeness (QED) is 0.843. The third-order valence-electron chi connectivity index (χ3n) is 6.25. The van der Waals surface area contributed by atoms with Crippen LogP contribution in [-0.2, 0) is 6.42 Å². The van der Waals surface area contributed by atoms with E-state index in [-0.39, 0.29) is 6.10 Å². The summed E-state index contributed by atoms with van der Waals surface area (Å²) in [5.74, 6) is 2.89. The molecule has 1 atom stereocenters. The molecule has 0 radical (unpaired) electrons. The van der Waals surface area contributed by atoms with Gasteiger partial charge in [0.2, 0.25) is 0 Å². The Morgan fingerprint density at radius 3 is 2.19 bits per heavy atom. The number of rotatable bonds is 4. The third kappa shape index (κ3) is 2.75.